The summed E-state index contributed by atoms with van der Waals surface area (Å²) in [5.41, 5.74) is -1.94. The van der Waals surface area contributed by atoms with Crippen molar-refractivity contribution < 1.29 is 32.9 Å². The van der Waals surface area contributed by atoms with Gasteiger partial charge in [-0.1, -0.05) is 32.1 Å². The summed E-state index contributed by atoms with van der Waals surface area (Å²) in [6.45, 7) is 7.54. The maximum Gasteiger partial charge on any atom is 0.417 e. The summed E-state index contributed by atoms with van der Waals surface area (Å²) in [6.07, 6.45) is -2.49. The van der Waals surface area contributed by atoms with E-state index in [1.807, 2.05) is 6.92 Å². The predicted octanol–water partition coefficient (Wildman–Crippen LogP) is 3.53. The van der Waals surface area contributed by atoms with Crippen molar-refractivity contribution in [2.24, 2.45) is 23.2 Å². The number of cyclic esters (lactones) is 1. The lowest BCUT2D eigenvalue weighted by molar-refractivity contribution is -0.306. The van der Waals surface area contributed by atoms with E-state index in [0.29, 0.717) is 19.3 Å². The first-order valence-electron chi connectivity index (χ1n) is 9.44. The molecular weight excluding hydrogens is 361 g/mol. The van der Waals surface area contributed by atoms with E-state index in [-0.39, 0.29) is 36.9 Å². The zero-order chi connectivity index (χ0) is 20.2. The van der Waals surface area contributed by atoms with Gasteiger partial charge in [0.05, 0.1) is 5.57 Å². The zero-order valence-electron chi connectivity index (χ0n) is 15.7. The molecule has 3 fully saturated rings. The third-order valence-corrected chi connectivity index (χ3v) is 7.35. The standard InChI is InChI=1S/C20H27F3O4/c1-11-4-6-15-12(2)19(26,20(21,22)23)9-8-18(15,3)14(11)7-5-13-16(24)10-27-17(13)25/h5,12,14-16,24,26H,1,4,6-10H2,2-3H3/b13-5+/t12-,14-,15-,16-,18+,19+/m1/s1. The number of esters is 1. The summed E-state index contributed by atoms with van der Waals surface area (Å²) in [5, 5.41) is 20.3. The number of carbonyl (C=O) groups is 1. The van der Waals surface area contributed by atoms with Gasteiger partial charge in [-0.3, -0.25) is 0 Å². The number of halogens is 3. The number of aliphatic hydroxyl groups is 2. The number of carbonyl (C=O) groups excluding carboxylic acids is 1. The van der Waals surface area contributed by atoms with Crippen LogP contribution in [0.4, 0.5) is 13.2 Å². The maximum atomic E-state index is 13.5. The van der Waals surface area contributed by atoms with Crippen molar-refractivity contribution in [2.75, 3.05) is 6.61 Å². The van der Waals surface area contributed by atoms with Crippen LogP contribution in [0.2, 0.25) is 0 Å². The first kappa shape index (κ1) is 20.4. The number of fused-ring (bicyclic) bond motifs is 1. The van der Waals surface area contributed by atoms with Gasteiger partial charge in [-0.25, -0.2) is 4.79 Å². The quantitative estimate of drug-likeness (QED) is 0.431. The van der Waals surface area contributed by atoms with Gasteiger partial charge in [-0.05, 0) is 55.3 Å². The van der Waals surface area contributed by atoms with Crippen LogP contribution >= 0.6 is 0 Å². The van der Waals surface area contributed by atoms with E-state index in [9.17, 15) is 28.2 Å². The minimum Gasteiger partial charge on any atom is -0.459 e. The van der Waals surface area contributed by atoms with E-state index >= 15 is 0 Å². The normalized spacial score (nSPS) is 44.3. The fraction of sp³-hybridized carbons (Fsp3) is 0.750. The monoisotopic (exact) mass is 388 g/mol. The molecule has 0 aromatic rings. The molecule has 2 aliphatic carbocycles. The van der Waals surface area contributed by atoms with Crippen molar-refractivity contribution >= 4 is 5.97 Å². The summed E-state index contributed by atoms with van der Waals surface area (Å²) in [5.74, 6) is -1.87. The molecular formula is C20H27F3O4. The second-order valence-corrected chi connectivity index (χ2v) is 8.58. The lowest BCUT2D eigenvalue weighted by Gasteiger charge is -2.58. The molecule has 1 saturated heterocycles. The Kier molecular flexibility index (Phi) is 5.00. The van der Waals surface area contributed by atoms with Crippen molar-refractivity contribution in [3.63, 3.8) is 0 Å². The second-order valence-electron chi connectivity index (χ2n) is 8.58. The average Bonchev–Trinajstić information content (AvgIpc) is 2.89. The van der Waals surface area contributed by atoms with Crippen molar-refractivity contribution in [3.05, 3.63) is 23.8 Å². The maximum absolute atomic E-state index is 13.5. The molecule has 0 aromatic carbocycles. The van der Waals surface area contributed by atoms with Crippen LogP contribution in [0.25, 0.3) is 0 Å². The lowest BCUT2D eigenvalue weighted by atomic mass is 9.48. The minimum atomic E-state index is -4.66. The molecule has 1 aliphatic heterocycles. The second kappa shape index (κ2) is 6.62. The van der Waals surface area contributed by atoms with Gasteiger partial charge < -0.3 is 14.9 Å². The van der Waals surface area contributed by atoms with E-state index in [1.54, 1.807) is 6.08 Å². The Hall–Kier alpha value is -1.34. The molecule has 152 valence electrons. The summed E-state index contributed by atoms with van der Waals surface area (Å²) in [4.78, 5) is 11.7. The van der Waals surface area contributed by atoms with Gasteiger partial charge in [-0.15, -0.1) is 0 Å². The van der Waals surface area contributed by atoms with Crippen LogP contribution in [-0.4, -0.2) is 40.7 Å². The van der Waals surface area contributed by atoms with Gasteiger partial charge >= 0.3 is 12.1 Å². The number of ether oxygens (including phenoxy) is 1. The fourth-order valence-electron chi connectivity index (χ4n) is 5.53. The van der Waals surface area contributed by atoms with Gasteiger partial charge in [0.2, 0.25) is 0 Å². The predicted molar refractivity (Wildman–Crippen MR) is 92.5 cm³/mol. The number of hydrogen-bond donors (Lipinski definition) is 2. The Labute approximate surface area is 157 Å². The highest BCUT2D eigenvalue weighted by molar-refractivity contribution is 5.91. The van der Waals surface area contributed by atoms with Crippen molar-refractivity contribution in [1.29, 1.82) is 0 Å². The first-order chi connectivity index (χ1) is 12.4. The molecule has 6 atom stereocenters. The van der Waals surface area contributed by atoms with Crippen LogP contribution in [-0.2, 0) is 9.53 Å². The fourth-order valence-corrected chi connectivity index (χ4v) is 5.53. The van der Waals surface area contributed by atoms with Gasteiger partial charge in [0.1, 0.15) is 12.7 Å². The van der Waals surface area contributed by atoms with Crippen molar-refractivity contribution in [1.82, 2.24) is 0 Å². The third-order valence-electron chi connectivity index (χ3n) is 7.35. The molecule has 3 aliphatic rings. The number of alkyl halides is 3. The van der Waals surface area contributed by atoms with E-state index < -0.39 is 35.2 Å². The molecule has 7 heteroatoms. The highest BCUT2D eigenvalue weighted by Gasteiger charge is 2.65. The topological polar surface area (TPSA) is 66.8 Å². The summed E-state index contributed by atoms with van der Waals surface area (Å²) in [7, 11) is 0. The average molecular weight is 388 g/mol. The number of hydrogen-bond acceptors (Lipinski definition) is 4. The highest BCUT2D eigenvalue weighted by Crippen LogP contribution is 2.62. The van der Waals surface area contributed by atoms with Crippen molar-refractivity contribution in [3.8, 4) is 0 Å². The Morgan fingerprint density at radius 1 is 1.37 bits per heavy atom. The Bertz CT molecular complexity index is 671. The van der Waals surface area contributed by atoms with Gasteiger partial charge in [-0.2, -0.15) is 13.2 Å². The first-order valence-corrected chi connectivity index (χ1v) is 9.44. The molecule has 3 rings (SSSR count). The molecule has 4 nitrogen and oxygen atoms in total. The molecule has 2 saturated carbocycles. The minimum absolute atomic E-state index is 0.0637. The Morgan fingerprint density at radius 3 is 2.59 bits per heavy atom. The molecule has 0 unspecified atom stereocenters. The van der Waals surface area contributed by atoms with Crippen LogP contribution in [0.15, 0.2) is 23.8 Å². The smallest absolute Gasteiger partial charge is 0.417 e. The molecule has 0 radical (unpaired) electrons. The summed E-state index contributed by atoms with van der Waals surface area (Å²) in [6, 6.07) is 0. The van der Waals surface area contributed by atoms with Crippen LogP contribution in [0.3, 0.4) is 0 Å². The lowest BCUT2D eigenvalue weighted by Crippen LogP contribution is -2.61. The van der Waals surface area contributed by atoms with Crippen LogP contribution in [0, 0.1) is 23.2 Å². The number of allylic oxidation sites excluding steroid dienone is 2. The zero-order valence-corrected chi connectivity index (χ0v) is 15.7. The van der Waals surface area contributed by atoms with Crippen LogP contribution in [0.1, 0.15) is 46.0 Å². The van der Waals surface area contributed by atoms with Gasteiger partial charge in [0.15, 0.2) is 5.60 Å². The molecule has 0 aromatic heterocycles. The summed E-state index contributed by atoms with van der Waals surface area (Å²) >= 11 is 0. The molecule has 1 heterocycles. The van der Waals surface area contributed by atoms with Gasteiger partial charge in [0.25, 0.3) is 0 Å². The Balaban J connectivity index is 1.88. The molecule has 0 bridgehead atoms. The molecule has 0 spiro atoms. The third kappa shape index (κ3) is 3.12. The van der Waals surface area contributed by atoms with E-state index in [2.05, 4.69) is 6.58 Å². The van der Waals surface area contributed by atoms with Crippen molar-refractivity contribution in [2.45, 2.75) is 63.8 Å². The largest absolute Gasteiger partial charge is 0.459 e. The van der Waals surface area contributed by atoms with Crippen LogP contribution < -0.4 is 0 Å². The number of aliphatic hydroxyl groups excluding tert-OH is 1. The number of rotatable bonds is 2. The highest BCUT2D eigenvalue weighted by atomic mass is 19.4. The van der Waals surface area contributed by atoms with Gasteiger partial charge in [0, 0.05) is 0 Å². The van der Waals surface area contributed by atoms with E-state index in [4.69, 9.17) is 4.74 Å². The summed E-state index contributed by atoms with van der Waals surface area (Å²) < 4.78 is 45.4. The Morgan fingerprint density at radius 2 is 2.04 bits per heavy atom. The molecule has 27 heavy (non-hydrogen) atoms. The molecule has 2 N–H and O–H groups in total. The van der Waals surface area contributed by atoms with Crippen LogP contribution in [0.5, 0.6) is 0 Å². The molecule has 0 amide bonds. The van der Waals surface area contributed by atoms with E-state index in [0.717, 1.165) is 5.57 Å². The SMILES string of the molecule is C=C1CC[C@@H]2[C@@H](C)[C@](O)(C(F)(F)F)CC[C@@]2(C)[C@@H]1C/C=C1/C(=O)OC[C@H]1O. The van der Waals surface area contributed by atoms with E-state index in [1.165, 1.54) is 6.92 Å².